The number of nitrogens with two attached hydrogens (primary N) is 1. The smallest absolute Gasteiger partial charge is 0.0576 e. The highest BCUT2D eigenvalue weighted by Crippen LogP contribution is 2.18. The summed E-state index contributed by atoms with van der Waals surface area (Å²) < 4.78 is 5.59. The van der Waals surface area contributed by atoms with E-state index in [0.29, 0.717) is 12.1 Å². The van der Waals surface area contributed by atoms with Gasteiger partial charge in [-0.2, -0.15) is 0 Å². The predicted molar refractivity (Wildman–Crippen MR) is 64.9 cm³/mol. The molecule has 1 rings (SSSR count). The van der Waals surface area contributed by atoms with Gasteiger partial charge in [-0.1, -0.05) is 32.6 Å². The van der Waals surface area contributed by atoms with Crippen LogP contribution in [-0.4, -0.2) is 18.8 Å². The molecule has 0 aromatic carbocycles. The highest BCUT2D eigenvalue weighted by molar-refractivity contribution is 4.69. The van der Waals surface area contributed by atoms with Gasteiger partial charge in [-0.15, -0.1) is 0 Å². The van der Waals surface area contributed by atoms with Crippen LogP contribution in [0.4, 0.5) is 0 Å². The highest BCUT2D eigenvalue weighted by Gasteiger charge is 2.16. The van der Waals surface area contributed by atoms with Gasteiger partial charge in [0.1, 0.15) is 0 Å². The maximum Gasteiger partial charge on any atom is 0.0576 e. The van der Waals surface area contributed by atoms with Crippen LogP contribution in [-0.2, 0) is 4.74 Å². The van der Waals surface area contributed by atoms with Crippen molar-refractivity contribution in [3.63, 3.8) is 0 Å². The molecule has 1 saturated heterocycles. The SMILES string of the molecule is CCCCCCC(N)CCC1CCCO1. The molecule has 1 aliphatic heterocycles. The van der Waals surface area contributed by atoms with Crippen molar-refractivity contribution in [1.29, 1.82) is 0 Å². The third-order valence-corrected chi connectivity index (χ3v) is 3.31. The van der Waals surface area contributed by atoms with Crippen molar-refractivity contribution in [3.8, 4) is 0 Å². The molecule has 15 heavy (non-hydrogen) atoms. The van der Waals surface area contributed by atoms with E-state index < -0.39 is 0 Å². The summed E-state index contributed by atoms with van der Waals surface area (Å²) in [5.41, 5.74) is 6.08. The van der Waals surface area contributed by atoms with E-state index in [1.54, 1.807) is 0 Å². The summed E-state index contributed by atoms with van der Waals surface area (Å²) in [6.07, 6.45) is 11.9. The zero-order valence-electron chi connectivity index (χ0n) is 10.2. The molecule has 1 aliphatic rings. The molecule has 0 aromatic heterocycles. The van der Waals surface area contributed by atoms with Gasteiger partial charge in [0.2, 0.25) is 0 Å². The lowest BCUT2D eigenvalue weighted by atomic mass is 10.0. The molecule has 1 fully saturated rings. The Labute approximate surface area is 94.6 Å². The minimum atomic E-state index is 0.408. The van der Waals surface area contributed by atoms with Crippen LogP contribution in [0.5, 0.6) is 0 Å². The van der Waals surface area contributed by atoms with Crippen LogP contribution in [0.1, 0.15) is 64.7 Å². The summed E-state index contributed by atoms with van der Waals surface area (Å²) in [7, 11) is 0. The van der Waals surface area contributed by atoms with E-state index in [2.05, 4.69) is 6.92 Å². The lowest BCUT2D eigenvalue weighted by Crippen LogP contribution is -2.21. The molecule has 90 valence electrons. The van der Waals surface area contributed by atoms with Crippen LogP contribution in [0.2, 0.25) is 0 Å². The lowest BCUT2D eigenvalue weighted by Gasteiger charge is -2.14. The Balaban J connectivity index is 1.90. The molecule has 0 amide bonds. The molecular weight excluding hydrogens is 186 g/mol. The Morgan fingerprint density at radius 3 is 2.80 bits per heavy atom. The number of ether oxygens (including phenoxy) is 1. The van der Waals surface area contributed by atoms with E-state index in [1.807, 2.05) is 0 Å². The zero-order valence-corrected chi connectivity index (χ0v) is 10.2. The monoisotopic (exact) mass is 213 g/mol. The maximum absolute atomic E-state index is 6.08. The van der Waals surface area contributed by atoms with Crippen molar-refractivity contribution < 1.29 is 4.74 Å². The Morgan fingerprint density at radius 2 is 2.13 bits per heavy atom. The summed E-state index contributed by atoms with van der Waals surface area (Å²) in [6, 6.07) is 0.408. The second kappa shape index (κ2) is 8.12. The first-order valence-electron chi connectivity index (χ1n) is 6.70. The molecule has 0 aromatic rings. The average Bonchev–Trinajstić information content (AvgIpc) is 2.74. The molecule has 2 atom stereocenters. The fourth-order valence-electron chi connectivity index (χ4n) is 2.25. The average molecular weight is 213 g/mol. The Hall–Kier alpha value is -0.0800. The summed E-state index contributed by atoms with van der Waals surface area (Å²) in [4.78, 5) is 0. The number of hydrogen-bond acceptors (Lipinski definition) is 2. The van der Waals surface area contributed by atoms with Gasteiger partial charge in [0.25, 0.3) is 0 Å². The van der Waals surface area contributed by atoms with Crippen molar-refractivity contribution in [2.45, 2.75) is 76.9 Å². The molecule has 0 aliphatic carbocycles. The summed E-state index contributed by atoms with van der Waals surface area (Å²) >= 11 is 0. The van der Waals surface area contributed by atoms with Crippen LogP contribution >= 0.6 is 0 Å². The molecule has 2 nitrogen and oxygen atoms in total. The molecular formula is C13H27NO. The van der Waals surface area contributed by atoms with Gasteiger partial charge in [-0.05, 0) is 32.1 Å². The third-order valence-electron chi connectivity index (χ3n) is 3.31. The molecule has 1 heterocycles. The van der Waals surface area contributed by atoms with E-state index in [0.717, 1.165) is 13.0 Å². The molecule has 0 bridgehead atoms. The Morgan fingerprint density at radius 1 is 1.27 bits per heavy atom. The Bertz CT molecular complexity index is 143. The van der Waals surface area contributed by atoms with Crippen LogP contribution in [0, 0.1) is 0 Å². The van der Waals surface area contributed by atoms with Gasteiger partial charge >= 0.3 is 0 Å². The van der Waals surface area contributed by atoms with Crippen molar-refractivity contribution in [2.24, 2.45) is 5.73 Å². The first-order chi connectivity index (χ1) is 7.33. The van der Waals surface area contributed by atoms with Crippen molar-refractivity contribution in [3.05, 3.63) is 0 Å². The molecule has 0 saturated carbocycles. The van der Waals surface area contributed by atoms with E-state index >= 15 is 0 Å². The quantitative estimate of drug-likeness (QED) is 0.628. The fourth-order valence-corrected chi connectivity index (χ4v) is 2.25. The van der Waals surface area contributed by atoms with E-state index in [-0.39, 0.29) is 0 Å². The molecule has 0 spiro atoms. The first-order valence-corrected chi connectivity index (χ1v) is 6.70. The minimum absolute atomic E-state index is 0.408. The van der Waals surface area contributed by atoms with E-state index in [1.165, 1.54) is 51.4 Å². The topological polar surface area (TPSA) is 35.2 Å². The van der Waals surface area contributed by atoms with Crippen LogP contribution in [0.15, 0.2) is 0 Å². The Kier molecular flexibility index (Phi) is 7.03. The first kappa shape index (κ1) is 13.0. The molecule has 2 N–H and O–H groups in total. The largest absolute Gasteiger partial charge is 0.378 e. The van der Waals surface area contributed by atoms with Gasteiger partial charge in [0.15, 0.2) is 0 Å². The second-order valence-electron chi connectivity index (χ2n) is 4.82. The highest BCUT2D eigenvalue weighted by atomic mass is 16.5. The number of rotatable bonds is 8. The summed E-state index contributed by atoms with van der Waals surface area (Å²) in [5.74, 6) is 0. The van der Waals surface area contributed by atoms with Gasteiger partial charge in [0, 0.05) is 12.6 Å². The van der Waals surface area contributed by atoms with Gasteiger partial charge in [0.05, 0.1) is 6.10 Å². The van der Waals surface area contributed by atoms with Gasteiger partial charge in [-0.3, -0.25) is 0 Å². The van der Waals surface area contributed by atoms with Crippen LogP contribution in [0.25, 0.3) is 0 Å². The number of hydrogen-bond donors (Lipinski definition) is 1. The van der Waals surface area contributed by atoms with Gasteiger partial charge < -0.3 is 10.5 Å². The van der Waals surface area contributed by atoms with Crippen molar-refractivity contribution in [2.75, 3.05) is 6.61 Å². The standard InChI is InChI=1S/C13H27NO/c1-2-3-4-5-7-12(14)9-10-13-8-6-11-15-13/h12-13H,2-11,14H2,1H3. The fraction of sp³-hybridized carbons (Fsp3) is 1.00. The molecule has 2 heteroatoms. The summed E-state index contributed by atoms with van der Waals surface area (Å²) in [6.45, 7) is 3.22. The second-order valence-corrected chi connectivity index (χ2v) is 4.82. The predicted octanol–water partition coefficient (Wildman–Crippen LogP) is 3.24. The third kappa shape index (κ3) is 6.16. The minimum Gasteiger partial charge on any atom is -0.378 e. The van der Waals surface area contributed by atoms with E-state index in [4.69, 9.17) is 10.5 Å². The summed E-state index contributed by atoms with van der Waals surface area (Å²) in [5, 5.41) is 0. The van der Waals surface area contributed by atoms with Gasteiger partial charge in [-0.25, -0.2) is 0 Å². The maximum atomic E-state index is 6.08. The number of unbranched alkanes of at least 4 members (excludes halogenated alkanes) is 3. The molecule has 2 unspecified atom stereocenters. The van der Waals surface area contributed by atoms with Crippen LogP contribution < -0.4 is 5.73 Å². The van der Waals surface area contributed by atoms with E-state index in [9.17, 15) is 0 Å². The normalized spacial score (nSPS) is 23.2. The van der Waals surface area contributed by atoms with Crippen LogP contribution in [0.3, 0.4) is 0 Å². The lowest BCUT2D eigenvalue weighted by molar-refractivity contribution is 0.100. The van der Waals surface area contributed by atoms with Crippen molar-refractivity contribution in [1.82, 2.24) is 0 Å². The van der Waals surface area contributed by atoms with Crippen molar-refractivity contribution >= 4 is 0 Å². The molecule has 0 radical (unpaired) electrons. The zero-order chi connectivity index (χ0) is 10.9.